The number of hydrogen-bond donors (Lipinski definition) is 2. The van der Waals surface area contributed by atoms with Crippen molar-refractivity contribution in [2.24, 2.45) is 0 Å². The third-order valence-corrected chi connectivity index (χ3v) is 3.07. The van der Waals surface area contributed by atoms with Crippen LogP contribution in [0.4, 0.5) is 10.5 Å². The molecule has 0 radical (unpaired) electrons. The summed E-state index contributed by atoms with van der Waals surface area (Å²) < 4.78 is 11.1. The average molecular weight is 331 g/mol. The van der Waals surface area contributed by atoms with Crippen LogP contribution < -0.4 is 15.4 Å². The summed E-state index contributed by atoms with van der Waals surface area (Å²) in [4.78, 5) is 11.7. The Morgan fingerprint density at radius 1 is 1.42 bits per heavy atom. The molecule has 0 fully saturated rings. The van der Waals surface area contributed by atoms with Crippen molar-refractivity contribution in [3.05, 3.63) is 22.7 Å². The van der Waals surface area contributed by atoms with Crippen LogP contribution in [-0.4, -0.2) is 32.9 Å². The van der Waals surface area contributed by atoms with Crippen LogP contribution >= 0.6 is 15.9 Å². The highest BCUT2D eigenvalue weighted by Gasteiger charge is 2.06. The van der Waals surface area contributed by atoms with E-state index < -0.39 is 0 Å². The molecule has 0 bridgehead atoms. The Balaban J connectivity index is 2.39. The SMILES string of the molecule is CCOCCCNC(=O)Nc1cc(OC)ccc1Br. The van der Waals surface area contributed by atoms with Crippen molar-refractivity contribution in [1.82, 2.24) is 5.32 Å². The number of carbonyl (C=O) groups is 1. The van der Waals surface area contributed by atoms with E-state index in [2.05, 4.69) is 26.6 Å². The van der Waals surface area contributed by atoms with E-state index >= 15 is 0 Å². The normalized spacial score (nSPS) is 10.1. The molecule has 0 aromatic heterocycles. The Kier molecular flexibility index (Phi) is 7.28. The maximum atomic E-state index is 11.7. The molecule has 0 saturated heterocycles. The molecule has 1 aromatic carbocycles. The van der Waals surface area contributed by atoms with Crippen molar-refractivity contribution in [3.8, 4) is 5.75 Å². The second-order valence-electron chi connectivity index (χ2n) is 3.78. The van der Waals surface area contributed by atoms with Crippen molar-refractivity contribution >= 4 is 27.6 Å². The zero-order valence-corrected chi connectivity index (χ0v) is 12.7. The van der Waals surface area contributed by atoms with Gasteiger partial charge in [-0.2, -0.15) is 0 Å². The maximum Gasteiger partial charge on any atom is 0.319 e. The van der Waals surface area contributed by atoms with E-state index in [1.165, 1.54) is 0 Å². The van der Waals surface area contributed by atoms with Gasteiger partial charge in [-0.1, -0.05) is 0 Å². The number of halogens is 1. The van der Waals surface area contributed by atoms with Gasteiger partial charge in [0.15, 0.2) is 0 Å². The lowest BCUT2D eigenvalue weighted by Crippen LogP contribution is -2.30. The summed E-state index contributed by atoms with van der Waals surface area (Å²) in [5.74, 6) is 0.690. The number of ether oxygens (including phenoxy) is 2. The van der Waals surface area contributed by atoms with Crippen LogP contribution in [0, 0.1) is 0 Å². The first-order chi connectivity index (χ1) is 9.17. The molecular weight excluding hydrogens is 312 g/mol. The van der Waals surface area contributed by atoms with Gasteiger partial charge >= 0.3 is 6.03 Å². The monoisotopic (exact) mass is 330 g/mol. The van der Waals surface area contributed by atoms with Gasteiger partial charge in [-0.15, -0.1) is 0 Å². The molecule has 0 aliphatic heterocycles. The maximum absolute atomic E-state index is 11.7. The average Bonchev–Trinajstić information content (AvgIpc) is 2.41. The zero-order valence-electron chi connectivity index (χ0n) is 11.2. The second-order valence-corrected chi connectivity index (χ2v) is 4.63. The fourth-order valence-electron chi connectivity index (χ4n) is 1.41. The highest BCUT2D eigenvalue weighted by atomic mass is 79.9. The summed E-state index contributed by atoms with van der Waals surface area (Å²) >= 11 is 3.37. The molecule has 6 heteroatoms. The second kappa shape index (κ2) is 8.77. The van der Waals surface area contributed by atoms with E-state index in [1.54, 1.807) is 13.2 Å². The van der Waals surface area contributed by atoms with Gasteiger partial charge in [0.25, 0.3) is 0 Å². The van der Waals surface area contributed by atoms with Crippen LogP contribution in [0.25, 0.3) is 0 Å². The lowest BCUT2D eigenvalue weighted by molar-refractivity contribution is 0.145. The molecule has 2 N–H and O–H groups in total. The van der Waals surface area contributed by atoms with E-state index in [0.717, 1.165) is 10.9 Å². The van der Waals surface area contributed by atoms with Crippen molar-refractivity contribution < 1.29 is 14.3 Å². The van der Waals surface area contributed by atoms with Gasteiger partial charge in [0.05, 0.1) is 12.8 Å². The highest BCUT2D eigenvalue weighted by molar-refractivity contribution is 9.10. The van der Waals surface area contributed by atoms with E-state index in [9.17, 15) is 4.79 Å². The van der Waals surface area contributed by atoms with Crippen molar-refractivity contribution in [2.45, 2.75) is 13.3 Å². The molecule has 1 rings (SSSR count). The first-order valence-electron chi connectivity index (χ1n) is 6.13. The fourth-order valence-corrected chi connectivity index (χ4v) is 1.76. The molecule has 0 heterocycles. The molecule has 0 aliphatic rings. The molecule has 1 aromatic rings. The molecule has 2 amide bonds. The van der Waals surface area contributed by atoms with Crippen LogP contribution in [0.1, 0.15) is 13.3 Å². The summed E-state index contributed by atoms with van der Waals surface area (Å²) in [6.45, 7) is 3.87. The minimum atomic E-state index is -0.245. The number of methoxy groups -OCH3 is 1. The molecule has 106 valence electrons. The van der Waals surface area contributed by atoms with E-state index in [-0.39, 0.29) is 6.03 Å². The first-order valence-corrected chi connectivity index (χ1v) is 6.92. The van der Waals surface area contributed by atoms with Gasteiger partial charge in [-0.05, 0) is 41.4 Å². The van der Waals surface area contributed by atoms with Crippen molar-refractivity contribution in [1.29, 1.82) is 0 Å². The minimum Gasteiger partial charge on any atom is -0.497 e. The van der Waals surface area contributed by atoms with E-state index in [0.29, 0.717) is 31.2 Å². The molecule has 5 nitrogen and oxygen atoms in total. The van der Waals surface area contributed by atoms with Crippen LogP contribution in [-0.2, 0) is 4.74 Å². The van der Waals surface area contributed by atoms with E-state index in [4.69, 9.17) is 9.47 Å². The Morgan fingerprint density at radius 2 is 2.21 bits per heavy atom. The first kappa shape index (κ1) is 15.8. The summed E-state index contributed by atoms with van der Waals surface area (Å²) in [5, 5.41) is 5.52. The Hall–Kier alpha value is -1.27. The lowest BCUT2D eigenvalue weighted by Gasteiger charge is -2.10. The lowest BCUT2D eigenvalue weighted by atomic mass is 10.3. The largest absolute Gasteiger partial charge is 0.497 e. The van der Waals surface area contributed by atoms with Gasteiger partial charge in [-0.25, -0.2) is 4.79 Å². The predicted molar refractivity (Wildman–Crippen MR) is 78.8 cm³/mol. The summed E-state index contributed by atoms with van der Waals surface area (Å²) in [6.07, 6.45) is 0.792. The topological polar surface area (TPSA) is 59.6 Å². The fraction of sp³-hybridized carbons (Fsp3) is 0.462. The summed E-state index contributed by atoms with van der Waals surface area (Å²) in [6, 6.07) is 5.15. The number of rotatable bonds is 7. The molecular formula is C13H19BrN2O3. The van der Waals surface area contributed by atoms with Crippen molar-refractivity contribution in [2.75, 3.05) is 32.2 Å². The van der Waals surface area contributed by atoms with Crippen LogP contribution in [0.5, 0.6) is 5.75 Å². The standard InChI is InChI=1S/C13H19BrN2O3/c1-3-19-8-4-7-15-13(17)16-12-9-10(18-2)5-6-11(12)14/h5-6,9H,3-4,7-8H2,1-2H3,(H2,15,16,17). The number of nitrogens with one attached hydrogen (secondary N) is 2. The van der Waals surface area contributed by atoms with E-state index in [1.807, 2.05) is 19.1 Å². The van der Waals surface area contributed by atoms with Gasteiger partial charge in [0, 0.05) is 30.3 Å². The molecule has 0 spiro atoms. The smallest absolute Gasteiger partial charge is 0.319 e. The Bertz CT molecular complexity index is 413. The molecule has 19 heavy (non-hydrogen) atoms. The molecule has 0 atom stereocenters. The van der Waals surface area contributed by atoms with Gasteiger partial charge in [0.2, 0.25) is 0 Å². The van der Waals surface area contributed by atoms with Gasteiger partial charge in [0.1, 0.15) is 5.75 Å². The zero-order chi connectivity index (χ0) is 14.1. The number of benzene rings is 1. The van der Waals surface area contributed by atoms with Crippen molar-refractivity contribution in [3.63, 3.8) is 0 Å². The Morgan fingerprint density at radius 3 is 2.89 bits per heavy atom. The molecule has 0 saturated carbocycles. The van der Waals surface area contributed by atoms with Crippen LogP contribution in [0.15, 0.2) is 22.7 Å². The highest BCUT2D eigenvalue weighted by Crippen LogP contribution is 2.26. The quantitative estimate of drug-likeness (QED) is 0.755. The third-order valence-electron chi connectivity index (χ3n) is 2.38. The Labute approximate surface area is 121 Å². The predicted octanol–water partition coefficient (Wildman–Crippen LogP) is 3.01. The molecule has 0 aliphatic carbocycles. The minimum absolute atomic E-state index is 0.245. The number of carbonyl (C=O) groups excluding carboxylic acids is 1. The summed E-state index contributed by atoms with van der Waals surface area (Å²) in [7, 11) is 1.58. The van der Waals surface area contributed by atoms with Gasteiger partial charge in [-0.3, -0.25) is 0 Å². The number of hydrogen-bond acceptors (Lipinski definition) is 3. The van der Waals surface area contributed by atoms with Gasteiger partial charge < -0.3 is 20.1 Å². The van der Waals surface area contributed by atoms with Crippen LogP contribution in [0.2, 0.25) is 0 Å². The third kappa shape index (κ3) is 5.94. The number of amides is 2. The number of urea groups is 1. The summed E-state index contributed by atoms with van der Waals surface area (Å²) in [5.41, 5.74) is 0.668. The number of anilines is 1. The molecule has 0 unspecified atom stereocenters. The van der Waals surface area contributed by atoms with Crippen LogP contribution in [0.3, 0.4) is 0 Å².